The van der Waals surface area contributed by atoms with Crippen LogP contribution >= 0.6 is 0 Å². The molecule has 1 aliphatic rings. The normalized spacial score (nSPS) is 13.4. The molecule has 0 atom stereocenters. The Kier molecular flexibility index (Phi) is 12.5. The topological polar surface area (TPSA) is 55.4 Å². The van der Waals surface area contributed by atoms with Crippen LogP contribution in [0.5, 0.6) is 0 Å². The van der Waals surface area contributed by atoms with Crippen molar-refractivity contribution in [3.05, 3.63) is 71.8 Å². The summed E-state index contributed by atoms with van der Waals surface area (Å²) in [6.45, 7) is 13.8. The van der Waals surface area contributed by atoms with Gasteiger partial charge in [0.25, 0.3) is 0 Å². The second-order valence-corrected chi connectivity index (χ2v) is 9.04. The van der Waals surface area contributed by atoms with Crippen LogP contribution in [-0.4, -0.2) is 80.3 Å². The first-order valence-electron chi connectivity index (χ1n) is 13.0. The molecule has 0 saturated heterocycles. The van der Waals surface area contributed by atoms with Gasteiger partial charge in [0, 0.05) is 32.8 Å². The summed E-state index contributed by atoms with van der Waals surface area (Å²) in [5.74, 6) is 0. The van der Waals surface area contributed by atoms with Crippen molar-refractivity contribution >= 4 is 12.2 Å². The van der Waals surface area contributed by atoms with Gasteiger partial charge in [0.1, 0.15) is 0 Å². The Labute approximate surface area is 222 Å². The summed E-state index contributed by atoms with van der Waals surface area (Å²) in [4.78, 5) is 0. The van der Waals surface area contributed by atoms with Crippen LogP contribution in [0.1, 0.15) is 35.1 Å². The van der Waals surface area contributed by atoms with E-state index in [-0.39, 0.29) is 5.41 Å². The third kappa shape index (κ3) is 7.84. The lowest BCUT2D eigenvalue weighted by Crippen LogP contribution is -2.30. The maximum absolute atomic E-state index is 6.05. The fourth-order valence-electron chi connectivity index (χ4n) is 4.87. The maximum Gasteiger partial charge on any atom is 0.0701 e. The number of hydrogen-bond donors (Lipinski definition) is 0. The van der Waals surface area contributed by atoms with Gasteiger partial charge in [0.2, 0.25) is 0 Å². The molecule has 0 spiro atoms. The fourth-order valence-corrected chi connectivity index (χ4v) is 4.87. The number of rotatable bonds is 20. The lowest BCUT2D eigenvalue weighted by molar-refractivity contribution is 0.0145. The summed E-state index contributed by atoms with van der Waals surface area (Å²) in [6.07, 6.45) is 5.48. The third-order valence-electron chi connectivity index (χ3n) is 6.83. The van der Waals surface area contributed by atoms with Crippen LogP contribution in [0.15, 0.2) is 49.6 Å². The zero-order chi connectivity index (χ0) is 26.3. The summed E-state index contributed by atoms with van der Waals surface area (Å²) in [5.41, 5.74) is 7.13. The van der Waals surface area contributed by atoms with E-state index in [0.717, 1.165) is 24.0 Å². The highest BCUT2D eigenvalue weighted by Crippen LogP contribution is 2.53. The maximum atomic E-state index is 6.05. The highest BCUT2D eigenvalue weighted by Gasteiger charge is 2.42. The molecule has 6 heteroatoms. The molecular formula is C31H42O6. The van der Waals surface area contributed by atoms with Gasteiger partial charge >= 0.3 is 0 Å². The molecule has 0 aliphatic heterocycles. The molecule has 2 aromatic carbocycles. The van der Waals surface area contributed by atoms with Gasteiger partial charge in [-0.05, 0) is 46.2 Å². The van der Waals surface area contributed by atoms with Crippen LogP contribution in [-0.2, 0) is 33.8 Å². The monoisotopic (exact) mass is 510 g/mol. The first-order valence-corrected chi connectivity index (χ1v) is 13.0. The SMILES string of the molecule is C=Cc1ccc2c(c1)C(CCOCCOCCOC)(CCOCCOCCOC)c1cc(C=C)ccc1-2. The number of hydrogen-bond acceptors (Lipinski definition) is 6. The van der Waals surface area contributed by atoms with Crippen LogP contribution in [0.25, 0.3) is 23.3 Å². The molecule has 1 aliphatic carbocycles. The van der Waals surface area contributed by atoms with Crippen molar-refractivity contribution in [1.82, 2.24) is 0 Å². The van der Waals surface area contributed by atoms with E-state index in [2.05, 4.69) is 49.6 Å². The summed E-state index contributed by atoms with van der Waals surface area (Å²) in [5, 5.41) is 0. The summed E-state index contributed by atoms with van der Waals surface area (Å²) < 4.78 is 33.3. The van der Waals surface area contributed by atoms with Crippen LogP contribution < -0.4 is 0 Å². The van der Waals surface area contributed by atoms with E-state index in [1.54, 1.807) is 14.2 Å². The molecule has 0 saturated carbocycles. The third-order valence-corrected chi connectivity index (χ3v) is 6.83. The highest BCUT2D eigenvalue weighted by molar-refractivity contribution is 5.83. The van der Waals surface area contributed by atoms with E-state index in [1.807, 2.05) is 12.2 Å². The van der Waals surface area contributed by atoms with Crippen LogP contribution in [0.4, 0.5) is 0 Å². The largest absolute Gasteiger partial charge is 0.382 e. The Morgan fingerprint density at radius 1 is 0.568 bits per heavy atom. The predicted molar refractivity (Wildman–Crippen MR) is 149 cm³/mol. The first kappa shape index (κ1) is 29.2. The zero-order valence-electron chi connectivity index (χ0n) is 22.5. The fraction of sp³-hybridized carbons (Fsp3) is 0.484. The Bertz CT molecular complexity index is 906. The van der Waals surface area contributed by atoms with Crippen molar-refractivity contribution in [1.29, 1.82) is 0 Å². The number of benzene rings is 2. The van der Waals surface area contributed by atoms with Gasteiger partial charge in [0.05, 0.1) is 52.9 Å². The molecule has 0 fully saturated rings. The first-order chi connectivity index (χ1) is 18.2. The molecule has 37 heavy (non-hydrogen) atoms. The Morgan fingerprint density at radius 3 is 1.32 bits per heavy atom. The van der Waals surface area contributed by atoms with Crippen molar-refractivity contribution in [3.63, 3.8) is 0 Å². The van der Waals surface area contributed by atoms with Crippen molar-refractivity contribution in [2.45, 2.75) is 18.3 Å². The summed E-state index contributed by atoms with van der Waals surface area (Å²) in [6, 6.07) is 13.3. The van der Waals surface area contributed by atoms with Gasteiger partial charge in [0.15, 0.2) is 0 Å². The predicted octanol–water partition coefficient (Wildman–Crippen LogP) is 5.38. The standard InChI is InChI=1S/C31H42O6/c1-5-25-7-9-27-28-10-8-26(6-2)24-30(28)31(29(27)23-25,11-13-34-19-21-36-17-15-32-3)12-14-35-20-22-37-18-16-33-4/h5-10,23-24H,1-2,11-22H2,3-4H3. The lowest BCUT2D eigenvalue weighted by atomic mass is 9.72. The minimum Gasteiger partial charge on any atom is -0.382 e. The van der Waals surface area contributed by atoms with Gasteiger partial charge in [-0.2, -0.15) is 0 Å². The van der Waals surface area contributed by atoms with Crippen molar-refractivity contribution in [2.24, 2.45) is 0 Å². The smallest absolute Gasteiger partial charge is 0.0701 e. The number of ether oxygens (including phenoxy) is 6. The van der Waals surface area contributed by atoms with Gasteiger partial charge in [-0.1, -0.05) is 61.7 Å². The van der Waals surface area contributed by atoms with E-state index in [0.29, 0.717) is 66.1 Å². The van der Waals surface area contributed by atoms with E-state index >= 15 is 0 Å². The molecule has 2 aromatic rings. The van der Waals surface area contributed by atoms with Crippen molar-refractivity contribution in [2.75, 3.05) is 80.3 Å². The van der Waals surface area contributed by atoms with Crippen molar-refractivity contribution < 1.29 is 28.4 Å². The van der Waals surface area contributed by atoms with Crippen LogP contribution in [0.2, 0.25) is 0 Å². The average Bonchev–Trinajstić information content (AvgIpc) is 3.20. The highest BCUT2D eigenvalue weighted by atomic mass is 16.5. The molecule has 0 heterocycles. The van der Waals surface area contributed by atoms with E-state index in [9.17, 15) is 0 Å². The Balaban J connectivity index is 1.78. The van der Waals surface area contributed by atoms with E-state index < -0.39 is 0 Å². The molecule has 0 amide bonds. The second kappa shape index (κ2) is 15.8. The van der Waals surface area contributed by atoms with Gasteiger partial charge in [-0.3, -0.25) is 0 Å². The minimum absolute atomic E-state index is 0.240. The Morgan fingerprint density at radius 2 is 0.946 bits per heavy atom. The van der Waals surface area contributed by atoms with Crippen LogP contribution in [0, 0.1) is 0 Å². The van der Waals surface area contributed by atoms with Gasteiger partial charge in [-0.25, -0.2) is 0 Å². The van der Waals surface area contributed by atoms with Crippen LogP contribution in [0.3, 0.4) is 0 Å². The molecule has 202 valence electrons. The molecular weight excluding hydrogens is 468 g/mol. The van der Waals surface area contributed by atoms with Gasteiger partial charge < -0.3 is 28.4 Å². The molecule has 0 N–H and O–H groups in total. The average molecular weight is 511 g/mol. The second-order valence-electron chi connectivity index (χ2n) is 9.04. The number of fused-ring (bicyclic) bond motifs is 3. The number of methoxy groups -OCH3 is 2. The molecule has 0 bridgehead atoms. The van der Waals surface area contributed by atoms with Gasteiger partial charge in [-0.15, -0.1) is 0 Å². The summed E-state index contributed by atoms with van der Waals surface area (Å²) in [7, 11) is 3.34. The van der Waals surface area contributed by atoms with Crippen molar-refractivity contribution in [3.8, 4) is 11.1 Å². The minimum atomic E-state index is -0.240. The molecule has 0 aromatic heterocycles. The van der Waals surface area contributed by atoms with E-state index in [1.165, 1.54) is 22.3 Å². The Hall–Kier alpha value is -2.32. The van der Waals surface area contributed by atoms with E-state index in [4.69, 9.17) is 28.4 Å². The molecule has 0 unspecified atom stereocenters. The molecule has 0 radical (unpaired) electrons. The lowest BCUT2D eigenvalue weighted by Gasteiger charge is -2.33. The summed E-state index contributed by atoms with van der Waals surface area (Å²) >= 11 is 0. The zero-order valence-corrected chi connectivity index (χ0v) is 22.5. The quantitative estimate of drug-likeness (QED) is 0.223. The molecule has 3 rings (SSSR count). The molecule has 6 nitrogen and oxygen atoms in total.